The van der Waals surface area contributed by atoms with E-state index in [4.69, 9.17) is 5.11 Å². The fourth-order valence-electron chi connectivity index (χ4n) is 2.49. The fraction of sp³-hybridized carbons (Fsp3) is 0.368. The van der Waals surface area contributed by atoms with Gasteiger partial charge >= 0.3 is 5.97 Å². The minimum atomic E-state index is -0.972. The lowest BCUT2D eigenvalue weighted by molar-refractivity contribution is -0.136. The first-order valence-electron chi connectivity index (χ1n) is 8.71. The number of rotatable bonds is 8. The number of hydrogen-bond acceptors (Lipinski definition) is 4. The zero-order valence-corrected chi connectivity index (χ0v) is 15.7. The van der Waals surface area contributed by atoms with Crippen LogP contribution in [0, 0.1) is 12.8 Å². The van der Waals surface area contributed by atoms with Crippen LogP contribution in [0.1, 0.15) is 46.7 Å². The number of carboxylic acid groups (broad SMARTS) is 1. The number of benzene rings is 1. The van der Waals surface area contributed by atoms with Gasteiger partial charge in [0, 0.05) is 30.0 Å². The van der Waals surface area contributed by atoms with Crippen molar-refractivity contribution in [3.8, 4) is 0 Å². The van der Waals surface area contributed by atoms with Gasteiger partial charge in [0.15, 0.2) is 0 Å². The van der Waals surface area contributed by atoms with Gasteiger partial charge in [-0.2, -0.15) is 5.10 Å². The summed E-state index contributed by atoms with van der Waals surface area (Å²) in [6, 6.07) is 6.39. The fourth-order valence-corrected chi connectivity index (χ4v) is 2.49. The number of nitrogens with one attached hydrogen (secondary N) is 2. The first-order chi connectivity index (χ1) is 12.8. The van der Waals surface area contributed by atoms with Crippen molar-refractivity contribution in [3.63, 3.8) is 0 Å². The summed E-state index contributed by atoms with van der Waals surface area (Å²) in [4.78, 5) is 34.8. The molecule has 8 nitrogen and oxygen atoms in total. The van der Waals surface area contributed by atoms with Crippen molar-refractivity contribution < 1.29 is 19.5 Å². The zero-order valence-electron chi connectivity index (χ0n) is 15.7. The topological polar surface area (TPSA) is 113 Å². The Balaban J connectivity index is 1.98. The molecule has 0 saturated heterocycles. The van der Waals surface area contributed by atoms with E-state index in [2.05, 4.69) is 29.6 Å². The van der Waals surface area contributed by atoms with Crippen molar-refractivity contribution in [2.45, 2.75) is 33.7 Å². The number of carbonyl (C=O) groups is 3. The molecular weight excluding hydrogens is 348 g/mol. The number of amides is 2. The van der Waals surface area contributed by atoms with Crippen molar-refractivity contribution in [2.75, 3.05) is 11.9 Å². The Kier molecular flexibility index (Phi) is 6.70. The maximum absolute atomic E-state index is 12.5. The second kappa shape index (κ2) is 8.98. The van der Waals surface area contributed by atoms with Crippen LogP contribution in [0.4, 0.5) is 5.69 Å². The molecule has 8 heteroatoms. The lowest BCUT2D eigenvalue weighted by atomic mass is 10.1. The first-order valence-corrected chi connectivity index (χ1v) is 8.71. The van der Waals surface area contributed by atoms with Crippen molar-refractivity contribution in [1.29, 1.82) is 0 Å². The van der Waals surface area contributed by atoms with Crippen molar-refractivity contribution in [3.05, 3.63) is 47.3 Å². The average molecular weight is 372 g/mol. The summed E-state index contributed by atoms with van der Waals surface area (Å²) in [7, 11) is 0. The molecule has 3 N–H and O–H groups in total. The van der Waals surface area contributed by atoms with Crippen LogP contribution in [0.2, 0.25) is 0 Å². The van der Waals surface area contributed by atoms with E-state index in [1.807, 2.05) is 11.6 Å². The lowest BCUT2D eigenvalue weighted by Gasteiger charge is -2.09. The maximum Gasteiger partial charge on any atom is 0.305 e. The smallest absolute Gasteiger partial charge is 0.305 e. The maximum atomic E-state index is 12.5. The van der Waals surface area contributed by atoms with Gasteiger partial charge in [-0.1, -0.05) is 13.8 Å². The molecule has 1 aromatic carbocycles. The van der Waals surface area contributed by atoms with Gasteiger partial charge < -0.3 is 15.7 Å². The van der Waals surface area contributed by atoms with E-state index in [1.165, 1.54) is 0 Å². The van der Waals surface area contributed by atoms with E-state index in [0.717, 1.165) is 12.2 Å². The summed E-state index contributed by atoms with van der Waals surface area (Å²) in [6.45, 7) is 6.83. The van der Waals surface area contributed by atoms with Crippen LogP contribution in [0.5, 0.6) is 0 Å². The Morgan fingerprint density at radius 2 is 1.81 bits per heavy atom. The number of aromatic nitrogens is 2. The Hall–Kier alpha value is -3.16. The van der Waals surface area contributed by atoms with Gasteiger partial charge in [-0.15, -0.1) is 0 Å². The van der Waals surface area contributed by atoms with Crippen LogP contribution in [-0.2, 0) is 11.3 Å². The molecule has 1 heterocycles. The van der Waals surface area contributed by atoms with Crippen LogP contribution in [0.3, 0.4) is 0 Å². The van der Waals surface area contributed by atoms with E-state index >= 15 is 0 Å². The number of anilines is 1. The van der Waals surface area contributed by atoms with E-state index in [9.17, 15) is 14.4 Å². The number of hydrogen-bond donors (Lipinski definition) is 3. The van der Waals surface area contributed by atoms with Crippen LogP contribution in [-0.4, -0.2) is 39.2 Å². The van der Waals surface area contributed by atoms with Gasteiger partial charge in [-0.25, -0.2) is 0 Å². The molecule has 2 aromatic rings. The lowest BCUT2D eigenvalue weighted by Crippen LogP contribution is -2.25. The van der Waals surface area contributed by atoms with Crippen molar-refractivity contribution in [1.82, 2.24) is 15.1 Å². The molecule has 0 radical (unpaired) electrons. The summed E-state index contributed by atoms with van der Waals surface area (Å²) >= 11 is 0. The number of carboxylic acids is 1. The standard InChI is InChI=1S/C19H24N4O4/c1-12(2)11-23-13(3)16(10-21-23)19(27)22-15-6-4-14(5-7-15)18(26)20-9-8-17(24)25/h4-7,10,12H,8-9,11H2,1-3H3,(H,20,26)(H,22,27)(H,24,25). The monoisotopic (exact) mass is 372 g/mol. The minimum Gasteiger partial charge on any atom is -0.481 e. The molecule has 0 aliphatic carbocycles. The highest BCUT2D eigenvalue weighted by atomic mass is 16.4. The Bertz CT molecular complexity index is 825. The van der Waals surface area contributed by atoms with Crippen molar-refractivity contribution >= 4 is 23.5 Å². The Morgan fingerprint density at radius 3 is 2.41 bits per heavy atom. The second-order valence-corrected chi connectivity index (χ2v) is 6.65. The van der Waals surface area contributed by atoms with Crippen molar-refractivity contribution in [2.24, 2.45) is 5.92 Å². The van der Waals surface area contributed by atoms with Crippen LogP contribution in [0.15, 0.2) is 30.5 Å². The second-order valence-electron chi connectivity index (χ2n) is 6.65. The third kappa shape index (κ3) is 5.67. The van der Waals surface area contributed by atoms with Crippen LogP contribution in [0.25, 0.3) is 0 Å². The molecule has 0 unspecified atom stereocenters. The molecule has 0 saturated carbocycles. The van der Waals surface area contributed by atoms with Gasteiger partial charge in [-0.05, 0) is 37.1 Å². The predicted molar refractivity (Wildman–Crippen MR) is 101 cm³/mol. The molecule has 0 atom stereocenters. The SMILES string of the molecule is Cc1c(C(=O)Nc2ccc(C(=O)NCCC(=O)O)cc2)cnn1CC(C)C. The predicted octanol–water partition coefficient (Wildman–Crippen LogP) is 2.30. The molecule has 0 spiro atoms. The van der Waals surface area contributed by atoms with Gasteiger partial charge in [0.1, 0.15) is 0 Å². The minimum absolute atomic E-state index is 0.0618. The Morgan fingerprint density at radius 1 is 1.15 bits per heavy atom. The Labute approximate surface area is 157 Å². The highest BCUT2D eigenvalue weighted by molar-refractivity contribution is 6.05. The van der Waals surface area contributed by atoms with E-state index in [1.54, 1.807) is 30.5 Å². The quantitative estimate of drug-likeness (QED) is 0.658. The normalized spacial score (nSPS) is 10.7. The number of carbonyl (C=O) groups excluding carboxylic acids is 2. The molecule has 144 valence electrons. The summed E-state index contributed by atoms with van der Waals surface area (Å²) < 4.78 is 1.81. The highest BCUT2D eigenvalue weighted by Crippen LogP contribution is 2.14. The molecule has 2 amide bonds. The molecule has 0 aliphatic heterocycles. The van der Waals surface area contributed by atoms with E-state index < -0.39 is 5.97 Å². The third-order valence-electron chi connectivity index (χ3n) is 3.92. The highest BCUT2D eigenvalue weighted by Gasteiger charge is 2.15. The zero-order chi connectivity index (χ0) is 20.0. The summed E-state index contributed by atoms with van der Waals surface area (Å²) in [5, 5.41) is 18.1. The summed E-state index contributed by atoms with van der Waals surface area (Å²) in [5.41, 5.74) is 2.25. The first kappa shape index (κ1) is 20.2. The summed E-state index contributed by atoms with van der Waals surface area (Å²) in [5.74, 6) is -1.17. The molecule has 0 bridgehead atoms. The van der Waals surface area contributed by atoms with Crippen LogP contribution >= 0.6 is 0 Å². The van der Waals surface area contributed by atoms with Crippen LogP contribution < -0.4 is 10.6 Å². The molecule has 1 aromatic heterocycles. The molecule has 0 fully saturated rings. The molecule has 0 aliphatic rings. The third-order valence-corrected chi connectivity index (χ3v) is 3.92. The summed E-state index contributed by atoms with van der Waals surface area (Å²) in [6.07, 6.45) is 1.42. The van der Waals surface area contributed by atoms with Gasteiger partial charge in [0.2, 0.25) is 0 Å². The number of aliphatic carboxylic acids is 1. The van der Waals surface area contributed by atoms with Gasteiger partial charge in [0.05, 0.1) is 18.2 Å². The van der Waals surface area contributed by atoms with E-state index in [-0.39, 0.29) is 24.8 Å². The number of nitrogens with zero attached hydrogens (tertiary/aromatic N) is 2. The average Bonchev–Trinajstić information content (AvgIpc) is 2.95. The van der Waals surface area contributed by atoms with Gasteiger partial charge in [-0.3, -0.25) is 19.1 Å². The molecule has 27 heavy (non-hydrogen) atoms. The molecular formula is C19H24N4O4. The van der Waals surface area contributed by atoms with Gasteiger partial charge in [0.25, 0.3) is 11.8 Å². The molecule has 2 rings (SSSR count). The van der Waals surface area contributed by atoms with E-state index in [0.29, 0.717) is 22.7 Å². The largest absolute Gasteiger partial charge is 0.481 e.